The molecule has 1 aliphatic rings. The minimum Gasteiger partial charge on any atom is -0.338 e. The van der Waals surface area contributed by atoms with Gasteiger partial charge in [0.25, 0.3) is 0 Å². The summed E-state index contributed by atoms with van der Waals surface area (Å²) in [4.78, 5) is 25.6. The number of likely N-dealkylation sites (N-methyl/N-ethyl adjacent to an activating group) is 1. The Morgan fingerprint density at radius 3 is 2.50 bits per heavy atom. The van der Waals surface area contributed by atoms with Gasteiger partial charge in [-0.05, 0) is 38.4 Å². The van der Waals surface area contributed by atoms with E-state index in [0.29, 0.717) is 18.5 Å². The van der Waals surface area contributed by atoms with Crippen LogP contribution < -0.4 is 16.0 Å². The van der Waals surface area contributed by atoms with Crippen molar-refractivity contribution in [3.05, 3.63) is 0 Å². The number of urea groups is 1. The molecule has 0 radical (unpaired) electrons. The lowest BCUT2D eigenvalue weighted by Crippen LogP contribution is -2.49. The standard InChI is InChI=1S/C14H28N4O2/c1-4-18(12-5-7-15-8-6-12)10-13(19)17-14(20)16-9-11(2)3/h11-12,15H,4-10H2,1-3H3,(H2,16,17,19,20). The van der Waals surface area contributed by atoms with E-state index in [4.69, 9.17) is 0 Å². The lowest BCUT2D eigenvalue weighted by atomic mass is 10.0. The highest BCUT2D eigenvalue weighted by atomic mass is 16.2. The molecule has 3 amide bonds. The van der Waals surface area contributed by atoms with Crippen molar-refractivity contribution in [2.24, 2.45) is 5.92 Å². The van der Waals surface area contributed by atoms with Gasteiger partial charge in [-0.25, -0.2) is 4.79 Å². The second kappa shape index (κ2) is 8.92. The molecular weight excluding hydrogens is 256 g/mol. The molecule has 0 unspecified atom stereocenters. The molecule has 0 aromatic rings. The average molecular weight is 284 g/mol. The van der Waals surface area contributed by atoms with E-state index < -0.39 is 6.03 Å². The molecule has 1 aliphatic heterocycles. The van der Waals surface area contributed by atoms with Crippen LogP contribution in [-0.2, 0) is 4.79 Å². The number of nitrogens with zero attached hydrogens (tertiary/aromatic N) is 1. The molecule has 1 rings (SSSR count). The van der Waals surface area contributed by atoms with E-state index >= 15 is 0 Å². The Morgan fingerprint density at radius 1 is 1.30 bits per heavy atom. The molecule has 1 heterocycles. The fourth-order valence-electron chi connectivity index (χ4n) is 2.36. The van der Waals surface area contributed by atoms with Gasteiger partial charge in [0.1, 0.15) is 0 Å². The maximum atomic E-state index is 11.9. The summed E-state index contributed by atoms with van der Waals surface area (Å²) >= 11 is 0. The van der Waals surface area contributed by atoms with Gasteiger partial charge in [-0.3, -0.25) is 15.0 Å². The van der Waals surface area contributed by atoms with E-state index in [1.807, 2.05) is 20.8 Å². The first-order valence-electron chi connectivity index (χ1n) is 7.55. The van der Waals surface area contributed by atoms with Gasteiger partial charge in [-0.15, -0.1) is 0 Å². The fourth-order valence-corrected chi connectivity index (χ4v) is 2.36. The first-order valence-corrected chi connectivity index (χ1v) is 7.55. The number of amides is 3. The Balaban J connectivity index is 2.33. The molecule has 6 nitrogen and oxygen atoms in total. The quantitative estimate of drug-likeness (QED) is 0.666. The largest absolute Gasteiger partial charge is 0.338 e. The summed E-state index contributed by atoms with van der Waals surface area (Å²) in [6, 6.07) is 0.0378. The summed E-state index contributed by atoms with van der Waals surface area (Å²) < 4.78 is 0. The van der Waals surface area contributed by atoms with Crippen LogP contribution in [0.25, 0.3) is 0 Å². The molecule has 1 fully saturated rings. The molecular formula is C14H28N4O2. The van der Waals surface area contributed by atoms with E-state index in [9.17, 15) is 9.59 Å². The summed E-state index contributed by atoms with van der Waals surface area (Å²) in [5, 5.41) is 8.39. The molecule has 3 N–H and O–H groups in total. The van der Waals surface area contributed by atoms with E-state index in [0.717, 1.165) is 32.5 Å². The third kappa shape index (κ3) is 6.34. The van der Waals surface area contributed by atoms with Crippen molar-refractivity contribution in [1.29, 1.82) is 0 Å². The van der Waals surface area contributed by atoms with Crippen LogP contribution in [0.5, 0.6) is 0 Å². The molecule has 116 valence electrons. The molecule has 0 bridgehead atoms. The molecule has 0 aliphatic carbocycles. The van der Waals surface area contributed by atoms with E-state index in [-0.39, 0.29) is 12.5 Å². The zero-order chi connectivity index (χ0) is 15.0. The summed E-state index contributed by atoms with van der Waals surface area (Å²) in [6.45, 7) is 9.76. The van der Waals surface area contributed by atoms with Crippen LogP contribution in [0.1, 0.15) is 33.6 Å². The normalized spacial score (nSPS) is 16.4. The van der Waals surface area contributed by atoms with Crippen molar-refractivity contribution in [3.63, 3.8) is 0 Å². The lowest BCUT2D eigenvalue weighted by Gasteiger charge is -2.33. The number of rotatable bonds is 6. The van der Waals surface area contributed by atoms with Crippen molar-refractivity contribution >= 4 is 11.9 Å². The molecule has 0 aromatic carbocycles. The monoisotopic (exact) mass is 284 g/mol. The topological polar surface area (TPSA) is 73.5 Å². The first kappa shape index (κ1) is 16.9. The number of hydrogen-bond acceptors (Lipinski definition) is 4. The van der Waals surface area contributed by atoms with E-state index in [1.54, 1.807) is 0 Å². The number of nitrogens with one attached hydrogen (secondary N) is 3. The molecule has 0 saturated carbocycles. The van der Waals surface area contributed by atoms with Crippen LogP contribution in [0, 0.1) is 5.92 Å². The van der Waals surface area contributed by atoms with Crippen molar-refractivity contribution in [2.45, 2.75) is 39.7 Å². The number of carbonyl (C=O) groups excluding carboxylic acids is 2. The number of piperidine rings is 1. The van der Waals surface area contributed by atoms with Gasteiger partial charge in [-0.1, -0.05) is 20.8 Å². The number of imide groups is 1. The smallest absolute Gasteiger partial charge is 0.321 e. The Bertz CT molecular complexity index is 314. The first-order chi connectivity index (χ1) is 9.52. The van der Waals surface area contributed by atoms with E-state index in [2.05, 4.69) is 20.9 Å². The predicted molar refractivity (Wildman–Crippen MR) is 79.5 cm³/mol. The van der Waals surface area contributed by atoms with Crippen LogP contribution in [0.3, 0.4) is 0 Å². The minimum absolute atomic E-state index is 0.230. The van der Waals surface area contributed by atoms with Gasteiger partial charge in [0.05, 0.1) is 6.54 Å². The highest BCUT2D eigenvalue weighted by Crippen LogP contribution is 2.10. The molecule has 20 heavy (non-hydrogen) atoms. The Labute approximate surface area is 121 Å². The maximum Gasteiger partial charge on any atom is 0.321 e. The zero-order valence-corrected chi connectivity index (χ0v) is 12.9. The highest BCUT2D eigenvalue weighted by Gasteiger charge is 2.22. The van der Waals surface area contributed by atoms with Gasteiger partial charge in [-0.2, -0.15) is 0 Å². The fraction of sp³-hybridized carbons (Fsp3) is 0.857. The minimum atomic E-state index is -0.398. The highest BCUT2D eigenvalue weighted by molar-refractivity contribution is 5.95. The molecule has 0 aromatic heterocycles. The van der Waals surface area contributed by atoms with Crippen LogP contribution >= 0.6 is 0 Å². The average Bonchev–Trinajstić information content (AvgIpc) is 2.43. The molecule has 0 atom stereocenters. The Hall–Kier alpha value is -1.14. The van der Waals surface area contributed by atoms with Crippen molar-refractivity contribution in [3.8, 4) is 0 Å². The Kier molecular flexibility index (Phi) is 7.54. The van der Waals surface area contributed by atoms with Gasteiger partial charge >= 0.3 is 6.03 Å². The lowest BCUT2D eigenvalue weighted by molar-refractivity contribution is -0.121. The van der Waals surface area contributed by atoms with Crippen molar-refractivity contribution in [2.75, 3.05) is 32.7 Å². The number of hydrogen-bond donors (Lipinski definition) is 3. The van der Waals surface area contributed by atoms with Crippen molar-refractivity contribution < 1.29 is 9.59 Å². The van der Waals surface area contributed by atoms with E-state index in [1.165, 1.54) is 0 Å². The Morgan fingerprint density at radius 2 is 1.95 bits per heavy atom. The summed E-state index contributed by atoms with van der Waals surface area (Å²) in [5.74, 6) is 0.143. The second-order valence-corrected chi connectivity index (χ2v) is 5.70. The van der Waals surface area contributed by atoms with Crippen LogP contribution in [0.2, 0.25) is 0 Å². The van der Waals surface area contributed by atoms with Crippen LogP contribution in [0.4, 0.5) is 4.79 Å². The molecule has 6 heteroatoms. The summed E-state index contributed by atoms with van der Waals surface area (Å²) in [5.41, 5.74) is 0. The third-order valence-corrected chi connectivity index (χ3v) is 3.50. The van der Waals surface area contributed by atoms with Gasteiger partial charge < -0.3 is 10.6 Å². The van der Waals surface area contributed by atoms with Crippen LogP contribution in [0.15, 0.2) is 0 Å². The molecule has 1 saturated heterocycles. The second-order valence-electron chi connectivity index (χ2n) is 5.70. The third-order valence-electron chi connectivity index (χ3n) is 3.50. The van der Waals surface area contributed by atoms with Crippen molar-refractivity contribution in [1.82, 2.24) is 20.9 Å². The molecule has 0 spiro atoms. The summed E-state index contributed by atoms with van der Waals surface area (Å²) in [7, 11) is 0. The van der Waals surface area contributed by atoms with Gasteiger partial charge in [0, 0.05) is 12.6 Å². The maximum absolute atomic E-state index is 11.9. The van der Waals surface area contributed by atoms with Gasteiger partial charge in [0.2, 0.25) is 5.91 Å². The van der Waals surface area contributed by atoms with Gasteiger partial charge in [0.15, 0.2) is 0 Å². The summed E-state index contributed by atoms with van der Waals surface area (Å²) in [6.07, 6.45) is 2.11. The zero-order valence-electron chi connectivity index (χ0n) is 12.9. The predicted octanol–water partition coefficient (Wildman–Crippen LogP) is 0.542. The number of carbonyl (C=O) groups is 2. The SMILES string of the molecule is CCN(CC(=O)NC(=O)NCC(C)C)C1CCNCC1. The van der Waals surface area contributed by atoms with Crippen LogP contribution in [-0.4, -0.2) is 55.6 Å².